The third-order valence-corrected chi connectivity index (χ3v) is 4.59. The molecular formula is C18H17IN2O2. The second-order valence-electron chi connectivity index (χ2n) is 5.46. The van der Waals surface area contributed by atoms with Crippen LogP contribution in [0.5, 0.6) is 0 Å². The van der Waals surface area contributed by atoms with Gasteiger partial charge in [0.15, 0.2) is 0 Å². The Labute approximate surface area is 149 Å². The van der Waals surface area contributed by atoms with Crippen LogP contribution < -0.4 is 10.2 Å². The summed E-state index contributed by atoms with van der Waals surface area (Å²) in [5, 5.41) is 2.91. The molecule has 0 atom stereocenters. The summed E-state index contributed by atoms with van der Waals surface area (Å²) in [6.45, 7) is 2.56. The molecule has 2 amide bonds. The third-order valence-electron chi connectivity index (χ3n) is 3.92. The Balaban J connectivity index is 1.80. The van der Waals surface area contributed by atoms with E-state index in [1.807, 2.05) is 43.3 Å². The van der Waals surface area contributed by atoms with Crippen LogP contribution in [0.2, 0.25) is 0 Å². The molecule has 1 heterocycles. The fraction of sp³-hybridized carbons (Fsp3) is 0.222. The second-order valence-corrected chi connectivity index (χ2v) is 6.70. The number of halogens is 1. The molecule has 1 N–H and O–H groups in total. The highest BCUT2D eigenvalue weighted by molar-refractivity contribution is 14.1. The maximum atomic E-state index is 12.4. The van der Waals surface area contributed by atoms with E-state index in [9.17, 15) is 9.59 Å². The SMILES string of the molecule is CCC(=O)N1CCc2cc(C(=O)Nc3cccc(I)c3)ccc21. The number of hydrogen-bond acceptors (Lipinski definition) is 2. The normalized spacial score (nSPS) is 12.9. The number of nitrogens with one attached hydrogen (secondary N) is 1. The number of benzene rings is 2. The number of rotatable bonds is 3. The molecule has 1 aliphatic rings. The van der Waals surface area contributed by atoms with Gasteiger partial charge in [0.1, 0.15) is 0 Å². The van der Waals surface area contributed by atoms with Gasteiger partial charge in [-0.2, -0.15) is 0 Å². The van der Waals surface area contributed by atoms with E-state index in [0.717, 1.165) is 26.9 Å². The lowest BCUT2D eigenvalue weighted by molar-refractivity contribution is -0.118. The Bertz CT molecular complexity index is 773. The number of carbonyl (C=O) groups is 2. The minimum atomic E-state index is -0.130. The largest absolute Gasteiger partial charge is 0.322 e. The van der Waals surface area contributed by atoms with E-state index in [0.29, 0.717) is 18.5 Å². The van der Waals surface area contributed by atoms with Crippen LogP contribution in [-0.4, -0.2) is 18.4 Å². The Morgan fingerprint density at radius 1 is 1.22 bits per heavy atom. The van der Waals surface area contributed by atoms with Crippen LogP contribution in [-0.2, 0) is 11.2 Å². The predicted molar refractivity (Wildman–Crippen MR) is 99.9 cm³/mol. The smallest absolute Gasteiger partial charge is 0.255 e. The molecule has 4 nitrogen and oxygen atoms in total. The Morgan fingerprint density at radius 2 is 2.04 bits per heavy atom. The molecule has 0 unspecified atom stereocenters. The fourth-order valence-corrected chi connectivity index (χ4v) is 3.31. The first-order chi connectivity index (χ1) is 11.1. The number of anilines is 2. The van der Waals surface area contributed by atoms with E-state index in [-0.39, 0.29) is 11.8 Å². The van der Waals surface area contributed by atoms with E-state index in [4.69, 9.17) is 0 Å². The second kappa shape index (κ2) is 6.70. The summed E-state index contributed by atoms with van der Waals surface area (Å²) in [4.78, 5) is 26.1. The first-order valence-corrected chi connectivity index (χ1v) is 8.66. The van der Waals surface area contributed by atoms with Crippen molar-refractivity contribution in [3.05, 3.63) is 57.2 Å². The summed E-state index contributed by atoms with van der Waals surface area (Å²) < 4.78 is 1.07. The van der Waals surface area contributed by atoms with Crippen LogP contribution in [0.1, 0.15) is 29.3 Å². The van der Waals surface area contributed by atoms with E-state index in [2.05, 4.69) is 27.9 Å². The summed E-state index contributed by atoms with van der Waals surface area (Å²) in [5.41, 5.74) is 3.39. The van der Waals surface area contributed by atoms with Crippen molar-refractivity contribution in [2.45, 2.75) is 19.8 Å². The summed E-state index contributed by atoms with van der Waals surface area (Å²) in [6, 6.07) is 13.2. The number of fused-ring (bicyclic) bond motifs is 1. The standard InChI is InChI=1S/C18H17IN2O2/c1-2-17(22)21-9-8-12-10-13(6-7-16(12)21)18(23)20-15-5-3-4-14(19)11-15/h3-7,10-11H,2,8-9H2,1H3,(H,20,23). The zero-order valence-corrected chi connectivity index (χ0v) is 15.0. The molecule has 3 rings (SSSR count). The molecule has 118 valence electrons. The Morgan fingerprint density at radius 3 is 2.78 bits per heavy atom. The molecule has 2 aromatic carbocycles. The lowest BCUT2D eigenvalue weighted by Crippen LogP contribution is -2.27. The molecule has 0 spiro atoms. The van der Waals surface area contributed by atoms with Crippen molar-refractivity contribution in [3.63, 3.8) is 0 Å². The van der Waals surface area contributed by atoms with Crippen LogP contribution in [0.4, 0.5) is 11.4 Å². The summed E-state index contributed by atoms with van der Waals surface area (Å²) in [7, 11) is 0. The van der Waals surface area contributed by atoms with E-state index < -0.39 is 0 Å². The van der Waals surface area contributed by atoms with Crippen molar-refractivity contribution in [1.29, 1.82) is 0 Å². The number of nitrogens with zero attached hydrogens (tertiary/aromatic N) is 1. The van der Waals surface area contributed by atoms with Gasteiger partial charge in [0, 0.05) is 33.5 Å². The molecule has 2 aromatic rings. The molecule has 0 fully saturated rings. The maximum Gasteiger partial charge on any atom is 0.255 e. The highest BCUT2D eigenvalue weighted by atomic mass is 127. The Hall–Kier alpha value is -1.89. The average molecular weight is 420 g/mol. The summed E-state index contributed by atoms with van der Waals surface area (Å²) >= 11 is 2.21. The van der Waals surface area contributed by atoms with Crippen molar-refractivity contribution < 1.29 is 9.59 Å². The number of carbonyl (C=O) groups excluding carboxylic acids is 2. The minimum Gasteiger partial charge on any atom is -0.322 e. The van der Waals surface area contributed by atoms with Gasteiger partial charge in [-0.25, -0.2) is 0 Å². The molecule has 23 heavy (non-hydrogen) atoms. The fourth-order valence-electron chi connectivity index (χ4n) is 2.76. The minimum absolute atomic E-state index is 0.125. The van der Waals surface area contributed by atoms with Gasteiger partial charge in [-0.1, -0.05) is 13.0 Å². The quantitative estimate of drug-likeness (QED) is 0.768. The van der Waals surface area contributed by atoms with Crippen LogP contribution in [0.15, 0.2) is 42.5 Å². The first-order valence-electron chi connectivity index (χ1n) is 7.58. The van der Waals surface area contributed by atoms with Crippen molar-refractivity contribution in [2.24, 2.45) is 0 Å². The topological polar surface area (TPSA) is 49.4 Å². The highest BCUT2D eigenvalue weighted by Gasteiger charge is 2.24. The van der Waals surface area contributed by atoms with Crippen molar-refractivity contribution in [2.75, 3.05) is 16.8 Å². The molecular weight excluding hydrogens is 403 g/mol. The summed E-state index contributed by atoms with van der Waals surface area (Å²) in [5.74, 6) is -0.00474. The number of amides is 2. The molecule has 0 radical (unpaired) electrons. The third kappa shape index (κ3) is 3.39. The van der Waals surface area contributed by atoms with Gasteiger partial charge < -0.3 is 10.2 Å². The molecule has 1 aliphatic heterocycles. The van der Waals surface area contributed by atoms with Gasteiger partial charge in [-0.15, -0.1) is 0 Å². The van der Waals surface area contributed by atoms with Crippen molar-refractivity contribution in [1.82, 2.24) is 0 Å². The predicted octanol–water partition coefficient (Wildman–Crippen LogP) is 3.84. The lowest BCUT2D eigenvalue weighted by Gasteiger charge is -2.16. The van der Waals surface area contributed by atoms with Crippen LogP contribution in [0.3, 0.4) is 0 Å². The van der Waals surface area contributed by atoms with Gasteiger partial charge in [-0.05, 0) is 71.0 Å². The molecule has 5 heteroatoms. The zero-order valence-electron chi connectivity index (χ0n) is 12.8. The first kappa shape index (κ1) is 16.0. The van der Waals surface area contributed by atoms with Crippen LogP contribution >= 0.6 is 22.6 Å². The van der Waals surface area contributed by atoms with E-state index in [1.165, 1.54) is 0 Å². The molecule has 0 aromatic heterocycles. The molecule has 0 aliphatic carbocycles. The van der Waals surface area contributed by atoms with Gasteiger partial charge in [-0.3, -0.25) is 9.59 Å². The van der Waals surface area contributed by atoms with Crippen LogP contribution in [0, 0.1) is 3.57 Å². The molecule has 0 bridgehead atoms. The van der Waals surface area contributed by atoms with E-state index in [1.54, 1.807) is 11.0 Å². The molecule has 0 saturated heterocycles. The highest BCUT2D eigenvalue weighted by Crippen LogP contribution is 2.29. The van der Waals surface area contributed by atoms with E-state index >= 15 is 0 Å². The maximum absolute atomic E-state index is 12.4. The van der Waals surface area contributed by atoms with Gasteiger partial charge in [0.25, 0.3) is 5.91 Å². The van der Waals surface area contributed by atoms with Crippen LogP contribution in [0.25, 0.3) is 0 Å². The molecule has 0 saturated carbocycles. The number of hydrogen-bond donors (Lipinski definition) is 1. The van der Waals surface area contributed by atoms with Gasteiger partial charge >= 0.3 is 0 Å². The summed E-state index contributed by atoms with van der Waals surface area (Å²) in [6.07, 6.45) is 1.29. The van der Waals surface area contributed by atoms with Crippen molar-refractivity contribution in [3.8, 4) is 0 Å². The average Bonchev–Trinajstić information content (AvgIpc) is 2.97. The Kier molecular flexibility index (Phi) is 4.66. The monoisotopic (exact) mass is 420 g/mol. The van der Waals surface area contributed by atoms with Gasteiger partial charge in [0.2, 0.25) is 5.91 Å². The zero-order chi connectivity index (χ0) is 16.4. The lowest BCUT2D eigenvalue weighted by atomic mass is 10.1. The van der Waals surface area contributed by atoms with Crippen molar-refractivity contribution >= 4 is 45.8 Å². The van der Waals surface area contributed by atoms with Gasteiger partial charge in [0.05, 0.1) is 0 Å².